The molecule has 0 aliphatic carbocycles. The van der Waals surface area contributed by atoms with Crippen LogP contribution >= 0.6 is 0 Å². The lowest BCUT2D eigenvalue weighted by Gasteiger charge is -2.32. The number of rotatable bonds is 19. The Kier molecular flexibility index (Phi) is 22.1. The molecule has 7 rings (SSSR count). The minimum absolute atomic E-state index is 0.0944. The van der Waals surface area contributed by atoms with Crippen LogP contribution in [0.2, 0.25) is 0 Å². The number of imidazole rings is 2. The molecule has 0 radical (unpaired) electrons. The Labute approximate surface area is 426 Å². The molecule has 0 unspecified atom stereocenters. The number of carbonyl (C=O) groups is 5. The summed E-state index contributed by atoms with van der Waals surface area (Å²) in [5.41, 5.74) is 16.3. The van der Waals surface area contributed by atoms with Crippen molar-refractivity contribution in [1.82, 2.24) is 48.9 Å². The molecule has 22 heteroatoms. The quantitative estimate of drug-likeness (QED) is 0.0352. The molecule has 5 heterocycles. The van der Waals surface area contributed by atoms with Gasteiger partial charge >= 0.3 is 6.09 Å². The van der Waals surface area contributed by atoms with E-state index in [1.165, 1.54) is 7.05 Å². The number of nitrogens with two attached hydrogens (primary N) is 2. The van der Waals surface area contributed by atoms with Gasteiger partial charge in [0.25, 0.3) is 0 Å². The molecule has 1 saturated heterocycles. The molecule has 0 atom stereocenters. The number of nitrogens with one attached hydrogen (secondary N) is 3. The minimum atomic E-state index is -0.561. The summed E-state index contributed by atoms with van der Waals surface area (Å²) < 4.78 is 24.7. The second-order valence-electron chi connectivity index (χ2n) is 17.7. The molecular formula is C51H74N14O8. The first-order valence-corrected chi connectivity index (χ1v) is 24.3. The molecule has 0 saturated carbocycles. The molecular weight excluding hydrogens is 937 g/mol. The molecule has 1 aliphatic rings. The van der Waals surface area contributed by atoms with Gasteiger partial charge in [-0.1, -0.05) is 12.2 Å². The van der Waals surface area contributed by atoms with Gasteiger partial charge in [0.15, 0.2) is 12.6 Å². The number of fused-ring (bicyclic) bond motifs is 2. The summed E-state index contributed by atoms with van der Waals surface area (Å²) in [7, 11) is 6.65. The summed E-state index contributed by atoms with van der Waals surface area (Å²) in [5.74, 6) is 1.76. The van der Waals surface area contributed by atoms with Crippen LogP contribution in [0.25, 0.3) is 22.1 Å². The van der Waals surface area contributed by atoms with E-state index in [1.807, 2.05) is 69.8 Å². The largest absolute Gasteiger partial charge is 0.494 e. The predicted molar refractivity (Wildman–Crippen MR) is 283 cm³/mol. The van der Waals surface area contributed by atoms with E-state index >= 15 is 0 Å². The van der Waals surface area contributed by atoms with Gasteiger partial charge in [-0.15, -0.1) is 0 Å². The van der Waals surface area contributed by atoms with Crippen molar-refractivity contribution >= 4 is 64.8 Å². The number of nitrogens with zero attached hydrogens (tertiary/aromatic N) is 9. The van der Waals surface area contributed by atoms with Crippen molar-refractivity contribution in [2.75, 3.05) is 65.1 Å². The van der Waals surface area contributed by atoms with Crippen LogP contribution in [0, 0.1) is 13.8 Å². The second-order valence-corrected chi connectivity index (χ2v) is 17.7. The van der Waals surface area contributed by atoms with Crippen LogP contribution in [-0.2, 0) is 30.9 Å². The smallest absolute Gasteiger partial charge is 0.407 e. The van der Waals surface area contributed by atoms with Crippen molar-refractivity contribution in [3.63, 3.8) is 0 Å². The number of hydrogen-bond donors (Lipinski definition) is 5. The lowest BCUT2D eigenvalue weighted by molar-refractivity contribution is 0.0477. The Morgan fingerprint density at radius 3 is 1.73 bits per heavy atom. The molecule has 4 aromatic heterocycles. The molecule has 0 bridgehead atoms. The number of aldehydes is 3. The van der Waals surface area contributed by atoms with E-state index in [-0.39, 0.29) is 12.1 Å². The van der Waals surface area contributed by atoms with Crippen molar-refractivity contribution in [1.29, 1.82) is 0 Å². The van der Waals surface area contributed by atoms with Crippen molar-refractivity contribution < 1.29 is 38.2 Å². The van der Waals surface area contributed by atoms with Crippen LogP contribution in [0.1, 0.15) is 107 Å². The number of piperidine rings is 1. The number of allylic oxidation sites excluding steroid dienone is 2. The maximum Gasteiger partial charge on any atom is 0.407 e. The zero-order chi connectivity index (χ0) is 53.8. The van der Waals surface area contributed by atoms with E-state index in [4.69, 9.17) is 24.9 Å². The van der Waals surface area contributed by atoms with Crippen molar-refractivity contribution in [2.45, 2.75) is 106 Å². The molecule has 396 valence electrons. The number of aromatic nitrogens is 8. The van der Waals surface area contributed by atoms with E-state index in [9.17, 15) is 24.0 Å². The summed E-state index contributed by atoms with van der Waals surface area (Å²) in [6.45, 7) is 18.7. The third kappa shape index (κ3) is 16.0. The predicted octanol–water partition coefficient (Wildman–Crippen LogP) is 6.03. The maximum absolute atomic E-state index is 12.2. The summed E-state index contributed by atoms with van der Waals surface area (Å²) in [6.07, 6.45) is 8.55. The highest BCUT2D eigenvalue weighted by Gasteiger charge is 2.24. The van der Waals surface area contributed by atoms with E-state index in [1.54, 1.807) is 67.0 Å². The number of alkyl carbamates (subject to hydrolysis) is 1. The Morgan fingerprint density at radius 1 is 0.767 bits per heavy atom. The second kappa shape index (κ2) is 27.9. The van der Waals surface area contributed by atoms with Crippen molar-refractivity contribution in [3.8, 4) is 11.5 Å². The fraction of sp³-hybridized carbons (Fsp3) is 0.471. The van der Waals surface area contributed by atoms with Crippen LogP contribution in [0.3, 0.4) is 0 Å². The number of methoxy groups -OCH3 is 1. The third-order valence-electron chi connectivity index (χ3n) is 11.4. The average Bonchev–Trinajstić information content (AvgIpc) is 4.15. The minimum Gasteiger partial charge on any atom is -0.494 e. The number of benzene rings is 2. The molecule has 73 heavy (non-hydrogen) atoms. The van der Waals surface area contributed by atoms with Gasteiger partial charge in [-0.05, 0) is 111 Å². The highest BCUT2D eigenvalue weighted by Crippen LogP contribution is 2.32. The van der Waals surface area contributed by atoms with Crippen LogP contribution in [0.15, 0.2) is 48.6 Å². The summed E-state index contributed by atoms with van der Waals surface area (Å²) in [4.78, 5) is 68.3. The lowest BCUT2D eigenvalue weighted by atomic mass is 10.1. The highest BCUT2D eigenvalue weighted by molar-refractivity contribution is 5.99. The number of hydrogen-bond acceptors (Lipinski definition) is 16. The summed E-state index contributed by atoms with van der Waals surface area (Å²) in [6, 6.07) is 10.4. The first kappa shape index (κ1) is 58.0. The van der Waals surface area contributed by atoms with Crippen molar-refractivity contribution in [3.05, 3.63) is 82.5 Å². The number of amides is 2. The molecule has 2 aromatic carbocycles. The van der Waals surface area contributed by atoms with Crippen LogP contribution in [0.4, 0.5) is 16.7 Å². The Morgan fingerprint density at radius 2 is 1.29 bits per heavy atom. The van der Waals surface area contributed by atoms with Gasteiger partial charge in [-0.3, -0.25) is 28.5 Å². The maximum atomic E-state index is 12.2. The highest BCUT2D eigenvalue weighted by atomic mass is 16.6. The lowest BCUT2D eigenvalue weighted by Crippen LogP contribution is -2.46. The third-order valence-corrected chi connectivity index (χ3v) is 11.4. The van der Waals surface area contributed by atoms with Crippen molar-refractivity contribution in [2.24, 2.45) is 11.5 Å². The SMILES string of the molecule is CCn1nc(C)cc1C=O.CCn1nc(C)cc1C=O.CN.CNc1nc2cc(C=O)cc(OC)c2n1C/C=C/Cn1c(NC)nc2cc(C(N)=O)cc(OCCCN3CCC(NC(=O)OC(C)(C)C)CC3)c21. The monoisotopic (exact) mass is 1010 g/mol. The van der Waals surface area contributed by atoms with Crippen LogP contribution < -0.4 is 36.9 Å². The fourth-order valence-corrected chi connectivity index (χ4v) is 8.13. The Bertz CT molecular complexity index is 2760. The van der Waals surface area contributed by atoms with Gasteiger partial charge in [0, 0.05) is 77.1 Å². The van der Waals surface area contributed by atoms with Gasteiger partial charge in [0.05, 0.1) is 36.1 Å². The first-order valence-electron chi connectivity index (χ1n) is 24.3. The summed E-state index contributed by atoms with van der Waals surface area (Å²) >= 11 is 0. The summed E-state index contributed by atoms with van der Waals surface area (Å²) in [5, 5.41) is 17.4. The molecule has 7 N–H and O–H groups in total. The first-order chi connectivity index (χ1) is 35.0. The van der Waals surface area contributed by atoms with Gasteiger partial charge in [0.2, 0.25) is 17.8 Å². The van der Waals surface area contributed by atoms with Gasteiger partial charge in [-0.2, -0.15) is 10.2 Å². The molecule has 2 amide bonds. The zero-order valence-corrected chi connectivity index (χ0v) is 44.2. The standard InChI is InChI=1S/C36H49N9O6.2C7H10N2O.CH5N/c1-36(2,3)51-35(48)40-25-10-15-43(16-11-25)12-9-17-50-29-21-24(32(37)47)20-27-31(29)45(34(39-5)42-27)14-8-7-13-44-30-26(41-33(44)38-4)18-23(22-46)19-28(30)49-6;2*1-3-9-7(5-10)4-6(2)8-9;1-2/h7-8,18-22,25H,9-17H2,1-6H3,(H2,37,47)(H,38,41)(H,39,42)(H,40,48);2*4-5H,3H2,1-2H3;2H2,1H3/b8-7+;;;. The number of anilines is 2. The molecule has 6 aromatic rings. The van der Waals surface area contributed by atoms with E-state index in [2.05, 4.69) is 41.8 Å². The van der Waals surface area contributed by atoms with Gasteiger partial charge in [0.1, 0.15) is 45.8 Å². The van der Waals surface area contributed by atoms with Crippen LogP contribution in [-0.4, -0.2) is 141 Å². The Hall–Kier alpha value is -7.59. The van der Waals surface area contributed by atoms with Gasteiger partial charge < -0.3 is 55.7 Å². The number of carbonyl (C=O) groups excluding carboxylic acids is 5. The number of primary amides is 1. The van der Waals surface area contributed by atoms with Crippen LogP contribution in [0.5, 0.6) is 11.5 Å². The van der Waals surface area contributed by atoms with E-state index in [0.29, 0.717) is 76.6 Å². The molecule has 1 fully saturated rings. The number of likely N-dealkylation sites (tertiary alicyclic amines) is 1. The number of ether oxygens (including phenoxy) is 3. The van der Waals surface area contributed by atoms with E-state index in [0.717, 1.165) is 93.3 Å². The van der Waals surface area contributed by atoms with Gasteiger partial charge in [-0.25, -0.2) is 14.8 Å². The Balaban J connectivity index is 0.000000430. The number of aryl methyl sites for hydroxylation is 4. The fourth-order valence-electron chi connectivity index (χ4n) is 8.13. The molecule has 1 aliphatic heterocycles. The average molecular weight is 1010 g/mol. The topological polar surface area (TPSA) is 276 Å². The molecule has 22 nitrogen and oxygen atoms in total. The normalized spacial score (nSPS) is 12.7. The molecule has 0 spiro atoms. The van der Waals surface area contributed by atoms with E-state index < -0.39 is 11.5 Å². The zero-order valence-electron chi connectivity index (χ0n) is 44.2.